The lowest BCUT2D eigenvalue weighted by Gasteiger charge is -2.44. The number of hydrogen-bond donors (Lipinski definition) is 1. The van der Waals surface area contributed by atoms with Crippen molar-refractivity contribution < 1.29 is 0 Å². The molecule has 1 heterocycles. The zero-order valence-electron chi connectivity index (χ0n) is 10.5. The van der Waals surface area contributed by atoms with Gasteiger partial charge in [-0.25, -0.2) is 0 Å². The predicted octanol–water partition coefficient (Wildman–Crippen LogP) is 4.30. The maximum absolute atomic E-state index is 3.70. The molecule has 1 aliphatic rings. The molecule has 19 heavy (non-hydrogen) atoms. The zero-order valence-corrected chi connectivity index (χ0v) is 13.7. The number of benzene rings is 2. The Morgan fingerprint density at radius 3 is 2.21 bits per heavy atom. The van der Waals surface area contributed by atoms with Crippen LogP contribution in [0.15, 0.2) is 57.5 Å². The summed E-state index contributed by atoms with van der Waals surface area (Å²) in [5, 5.41) is 3.43. The summed E-state index contributed by atoms with van der Waals surface area (Å²) >= 11 is 7.19. The molecule has 0 radical (unpaired) electrons. The fraction of sp³-hybridized carbons (Fsp3) is 0.250. The van der Waals surface area contributed by atoms with Gasteiger partial charge in [-0.2, -0.15) is 0 Å². The lowest BCUT2D eigenvalue weighted by atomic mass is 9.71. The summed E-state index contributed by atoms with van der Waals surface area (Å²) in [6.07, 6.45) is 1.08. The highest BCUT2D eigenvalue weighted by Crippen LogP contribution is 2.36. The fourth-order valence-corrected chi connectivity index (χ4v) is 3.69. The fourth-order valence-electron chi connectivity index (χ4n) is 2.72. The number of hydrogen-bond acceptors (Lipinski definition) is 1. The first-order chi connectivity index (χ1) is 9.20. The Morgan fingerprint density at radius 2 is 1.63 bits per heavy atom. The van der Waals surface area contributed by atoms with Crippen molar-refractivity contribution in [2.24, 2.45) is 0 Å². The van der Waals surface area contributed by atoms with E-state index < -0.39 is 0 Å². The van der Waals surface area contributed by atoms with Crippen molar-refractivity contribution in [3.8, 4) is 0 Å². The highest BCUT2D eigenvalue weighted by atomic mass is 79.9. The van der Waals surface area contributed by atoms with Crippen LogP contribution >= 0.6 is 31.9 Å². The minimum absolute atomic E-state index is 0.230. The molecular weight excluding hydrogens is 366 g/mol. The van der Waals surface area contributed by atoms with Gasteiger partial charge in [0, 0.05) is 27.4 Å². The third kappa shape index (κ3) is 2.64. The first kappa shape index (κ1) is 13.3. The molecule has 0 saturated carbocycles. The maximum Gasteiger partial charge on any atom is 0.0254 e. The number of nitrogens with one attached hydrogen (secondary N) is 1. The lowest BCUT2D eigenvalue weighted by Crippen LogP contribution is -2.58. The van der Waals surface area contributed by atoms with Crippen LogP contribution in [-0.4, -0.2) is 13.1 Å². The Morgan fingerprint density at radius 1 is 0.947 bits per heavy atom. The van der Waals surface area contributed by atoms with E-state index in [-0.39, 0.29) is 5.41 Å². The topological polar surface area (TPSA) is 12.0 Å². The Bertz CT molecular complexity index is 574. The average molecular weight is 381 g/mol. The van der Waals surface area contributed by atoms with Gasteiger partial charge in [0.1, 0.15) is 0 Å². The van der Waals surface area contributed by atoms with Crippen LogP contribution in [0.25, 0.3) is 0 Å². The predicted molar refractivity (Wildman–Crippen MR) is 86.5 cm³/mol. The van der Waals surface area contributed by atoms with Gasteiger partial charge in [-0.15, -0.1) is 0 Å². The SMILES string of the molecule is Brc1ccc(CC2(c3ccccc3Br)CNC2)cc1. The third-order valence-electron chi connectivity index (χ3n) is 3.83. The lowest BCUT2D eigenvalue weighted by molar-refractivity contribution is 0.273. The Hall–Kier alpha value is -0.640. The van der Waals surface area contributed by atoms with E-state index in [1.54, 1.807) is 0 Å². The van der Waals surface area contributed by atoms with Crippen LogP contribution in [0.5, 0.6) is 0 Å². The monoisotopic (exact) mass is 379 g/mol. The molecule has 2 aromatic carbocycles. The molecule has 0 unspecified atom stereocenters. The summed E-state index contributed by atoms with van der Waals surface area (Å²) in [6, 6.07) is 17.2. The molecule has 1 nitrogen and oxygen atoms in total. The first-order valence-corrected chi connectivity index (χ1v) is 7.98. The van der Waals surface area contributed by atoms with Crippen molar-refractivity contribution in [2.75, 3.05) is 13.1 Å². The van der Waals surface area contributed by atoms with Crippen molar-refractivity contribution in [1.29, 1.82) is 0 Å². The molecule has 2 aromatic rings. The highest BCUT2D eigenvalue weighted by Gasteiger charge is 2.39. The molecular formula is C16H15Br2N. The van der Waals surface area contributed by atoms with E-state index in [1.165, 1.54) is 15.6 Å². The van der Waals surface area contributed by atoms with Crippen LogP contribution in [0.4, 0.5) is 0 Å². The normalized spacial score (nSPS) is 16.9. The molecule has 0 bridgehead atoms. The number of halogens is 2. The third-order valence-corrected chi connectivity index (χ3v) is 5.05. The van der Waals surface area contributed by atoms with Gasteiger partial charge in [-0.3, -0.25) is 0 Å². The highest BCUT2D eigenvalue weighted by molar-refractivity contribution is 9.10. The molecule has 0 amide bonds. The minimum Gasteiger partial charge on any atom is -0.315 e. The van der Waals surface area contributed by atoms with Gasteiger partial charge in [-0.1, -0.05) is 62.2 Å². The van der Waals surface area contributed by atoms with Crippen LogP contribution < -0.4 is 5.32 Å². The van der Waals surface area contributed by atoms with Crippen LogP contribution in [-0.2, 0) is 11.8 Å². The molecule has 3 rings (SSSR count). The van der Waals surface area contributed by atoms with Crippen LogP contribution in [0, 0.1) is 0 Å². The molecule has 1 aliphatic heterocycles. The number of rotatable bonds is 3. The van der Waals surface area contributed by atoms with Crippen molar-refractivity contribution in [3.05, 3.63) is 68.6 Å². The molecule has 0 aromatic heterocycles. The quantitative estimate of drug-likeness (QED) is 0.837. The van der Waals surface area contributed by atoms with E-state index in [0.717, 1.165) is 24.0 Å². The van der Waals surface area contributed by atoms with Crippen molar-refractivity contribution in [3.63, 3.8) is 0 Å². The molecule has 0 atom stereocenters. The summed E-state index contributed by atoms with van der Waals surface area (Å²) in [4.78, 5) is 0. The van der Waals surface area contributed by atoms with E-state index in [9.17, 15) is 0 Å². The second kappa shape index (κ2) is 5.39. The summed E-state index contributed by atoms with van der Waals surface area (Å²) < 4.78 is 2.35. The standard InChI is InChI=1S/C16H15Br2N/c17-13-7-5-12(6-8-13)9-16(10-19-11-16)14-3-1-2-4-15(14)18/h1-8,19H,9-11H2. The molecule has 98 valence electrons. The molecule has 1 N–H and O–H groups in total. The van der Waals surface area contributed by atoms with E-state index in [2.05, 4.69) is 85.7 Å². The van der Waals surface area contributed by atoms with Gasteiger partial charge in [0.25, 0.3) is 0 Å². The molecule has 1 saturated heterocycles. The van der Waals surface area contributed by atoms with Gasteiger partial charge in [-0.05, 0) is 35.7 Å². The van der Waals surface area contributed by atoms with Crippen molar-refractivity contribution >= 4 is 31.9 Å². The zero-order chi connectivity index (χ0) is 13.3. The van der Waals surface area contributed by atoms with Crippen LogP contribution in [0.3, 0.4) is 0 Å². The minimum atomic E-state index is 0.230. The second-order valence-electron chi connectivity index (χ2n) is 5.17. The van der Waals surface area contributed by atoms with E-state index >= 15 is 0 Å². The summed E-state index contributed by atoms with van der Waals surface area (Å²) in [5.74, 6) is 0. The van der Waals surface area contributed by atoms with Gasteiger partial charge >= 0.3 is 0 Å². The van der Waals surface area contributed by atoms with E-state index in [4.69, 9.17) is 0 Å². The summed E-state index contributed by atoms with van der Waals surface area (Å²) in [7, 11) is 0. The van der Waals surface area contributed by atoms with Gasteiger partial charge in [0.2, 0.25) is 0 Å². The molecule has 0 aliphatic carbocycles. The molecule has 1 fully saturated rings. The first-order valence-electron chi connectivity index (χ1n) is 6.40. The van der Waals surface area contributed by atoms with Crippen molar-refractivity contribution in [2.45, 2.75) is 11.8 Å². The average Bonchev–Trinajstić information content (AvgIpc) is 2.37. The molecule has 3 heteroatoms. The second-order valence-corrected chi connectivity index (χ2v) is 6.94. The maximum atomic E-state index is 3.70. The summed E-state index contributed by atoms with van der Waals surface area (Å²) in [5.41, 5.74) is 3.03. The van der Waals surface area contributed by atoms with E-state index in [1.807, 2.05) is 0 Å². The Kier molecular flexibility index (Phi) is 3.79. The van der Waals surface area contributed by atoms with Gasteiger partial charge < -0.3 is 5.32 Å². The Labute approximate surface area is 130 Å². The van der Waals surface area contributed by atoms with Gasteiger partial charge in [0.15, 0.2) is 0 Å². The summed E-state index contributed by atoms with van der Waals surface area (Å²) in [6.45, 7) is 2.09. The van der Waals surface area contributed by atoms with Crippen molar-refractivity contribution in [1.82, 2.24) is 5.32 Å². The molecule has 0 spiro atoms. The largest absolute Gasteiger partial charge is 0.315 e. The van der Waals surface area contributed by atoms with Crippen LogP contribution in [0.1, 0.15) is 11.1 Å². The van der Waals surface area contributed by atoms with Crippen LogP contribution in [0.2, 0.25) is 0 Å². The Balaban J connectivity index is 1.92. The van der Waals surface area contributed by atoms with Gasteiger partial charge in [0.05, 0.1) is 0 Å². The smallest absolute Gasteiger partial charge is 0.0254 e. The van der Waals surface area contributed by atoms with E-state index in [0.29, 0.717) is 0 Å².